The number of anilines is 1. The molecule has 1 heterocycles. The van der Waals surface area contributed by atoms with E-state index < -0.39 is 13.0 Å². The Labute approximate surface area is 78.9 Å². The van der Waals surface area contributed by atoms with Gasteiger partial charge in [0.05, 0.1) is 7.11 Å². The van der Waals surface area contributed by atoms with Gasteiger partial charge in [0.25, 0.3) is 12.3 Å². The molecule has 0 atom stereocenters. The van der Waals surface area contributed by atoms with Crippen molar-refractivity contribution in [1.82, 2.24) is 9.97 Å². The van der Waals surface area contributed by atoms with Crippen LogP contribution in [0.15, 0.2) is 6.33 Å². The number of halogens is 2. The lowest BCUT2D eigenvalue weighted by Crippen LogP contribution is -2.10. The van der Waals surface area contributed by atoms with Crippen LogP contribution in [0.25, 0.3) is 0 Å². The fourth-order valence-corrected chi connectivity index (χ4v) is 0.807. The van der Waals surface area contributed by atoms with Gasteiger partial charge in [-0.2, -0.15) is 4.98 Å². The van der Waals surface area contributed by atoms with Crippen molar-refractivity contribution in [3.05, 3.63) is 6.33 Å². The van der Waals surface area contributed by atoms with Crippen molar-refractivity contribution in [3.8, 4) is 11.6 Å². The van der Waals surface area contributed by atoms with Gasteiger partial charge in [0.1, 0.15) is 6.33 Å². The van der Waals surface area contributed by atoms with E-state index in [1.54, 1.807) is 0 Å². The smallest absolute Gasteiger partial charge is 0.272 e. The molecule has 0 saturated carbocycles. The number of nitrogen functional groups attached to an aromatic ring is 1. The minimum Gasteiger partial charge on any atom is -0.489 e. The summed E-state index contributed by atoms with van der Waals surface area (Å²) in [6, 6.07) is 0. The molecule has 0 bridgehead atoms. The van der Waals surface area contributed by atoms with Crippen molar-refractivity contribution in [2.45, 2.75) is 6.43 Å². The van der Waals surface area contributed by atoms with Crippen LogP contribution in [0, 0.1) is 0 Å². The average Bonchev–Trinajstić information content (AvgIpc) is 2.14. The van der Waals surface area contributed by atoms with Crippen LogP contribution in [-0.4, -0.2) is 30.1 Å². The van der Waals surface area contributed by atoms with Crippen LogP contribution in [0.4, 0.5) is 14.6 Å². The maximum atomic E-state index is 11.8. The summed E-state index contributed by atoms with van der Waals surface area (Å²) in [5.41, 5.74) is 5.39. The minimum absolute atomic E-state index is 0.0479. The Morgan fingerprint density at radius 1 is 1.50 bits per heavy atom. The minimum atomic E-state index is -2.57. The summed E-state index contributed by atoms with van der Waals surface area (Å²) in [5, 5.41) is 0. The van der Waals surface area contributed by atoms with Gasteiger partial charge in [0.2, 0.25) is 5.75 Å². The van der Waals surface area contributed by atoms with E-state index in [-0.39, 0.29) is 17.4 Å². The van der Waals surface area contributed by atoms with Crippen molar-refractivity contribution < 1.29 is 18.3 Å². The van der Waals surface area contributed by atoms with Crippen molar-refractivity contribution in [3.63, 3.8) is 0 Å². The second-order valence-electron chi connectivity index (χ2n) is 2.30. The molecule has 0 aliphatic heterocycles. The summed E-state index contributed by atoms with van der Waals surface area (Å²) >= 11 is 0. The largest absolute Gasteiger partial charge is 0.489 e. The highest BCUT2D eigenvalue weighted by atomic mass is 19.3. The molecular formula is C7H9F2N3O2. The first-order chi connectivity index (χ1) is 6.65. The normalized spacial score (nSPS) is 10.3. The highest BCUT2D eigenvalue weighted by Crippen LogP contribution is 2.28. The first kappa shape index (κ1) is 10.4. The molecule has 7 heteroatoms. The van der Waals surface area contributed by atoms with Gasteiger partial charge >= 0.3 is 0 Å². The van der Waals surface area contributed by atoms with Gasteiger partial charge in [0, 0.05) is 0 Å². The van der Waals surface area contributed by atoms with Crippen LogP contribution < -0.4 is 15.2 Å². The molecule has 5 nitrogen and oxygen atoms in total. The van der Waals surface area contributed by atoms with Crippen LogP contribution >= 0.6 is 0 Å². The number of nitrogens with zero attached hydrogens (tertiary/aromatic N) is 2. The number of methoxy groups -OCH3 is 1. The van der Waals surface area contributed by atoms with Crippen molar-refractivity contribution in [2.24, 2.45) is 0 Å². The Bertz CT molecular complexity index is 309. The van der Waals surface area contributed by atoms with E-state index in [0.29, 0.717) is 0 Å². The fraction of sp³-hybridized carbons (Fsp3) is 0.429. The van der Waals surface area contributed by atoms with Crippen molar-refractivity contribution in [2.75, 3.05) is 19.5 Å². The van der Waals surface area contributed by atoms with Crippen LogP contribution in [0.1, 0.15) is 0 Å². The molecule has 2 N–H and O–H groups in total. The number of hydrogen-bond donors (Lipinski definition) is 1. The Balaban J connectivity index is 2.80. The van der Waals surface area contributed by atoms with Gasteiger partial charge in [-0.05, 0) is 0 Å². The van der Waals surface area contributed by atoms with E-state index in [1.807, 2.05) is 0 Å². The standard InChI is InChI=1S/C7H9F2N3O2/c1-13-5-6(10)11-3-12-7(5)14-2-4(8)9/h3-4H,2H2,1H3,(H2,10,11,12). The third kappa shape index (κ3) is 2.41. The lowest BCUT2D eigenvalue weighted by Gasteiger charge is -2.09. The topological polar surface area (TPSA) is 70.3 Å². The van der Waals surface area contributed by atoms with E-state index in [9.17, 15) is 8.78 Å². The van der Waals surface area contributed by atoms with Crippen LogP contribution in [0.3, 0.4) is 0 Å². The monoisotopic (exact) mass is 205 g/mol. The van der Waals surface area contributed by atoms with Crippen LogP contribution in [0.5, 0.6) is 11.6 Å². The van der Waals surface area contributed by atoms with Gasteiger partial charge in [-0.15, -0.1) is 0 Å². The molecule has 0 aliphatic rings. The molecule has 0 radical (unpaired) electrons. The number of hydrogen-bond acceptors (Lipinski definition) is 5. The average molecular weight is 205 g/mol. The molecule has 1 aromatic heterocycles. The van der Waals surface area contributed by atoms with Gasteiger partial charge in [-0.1, -0.05) is 0 Å². The first-order valence-electron chi connectivity index (χ1n) is 3.70. The molecule has 0 saturated heterocycles. The van der Waals surface area contributed by atoms with Crippen molar-refractivity contribution >= 4 is 5.82 Å². The summed E-state index contributed by atoms with van der Waals surface area (Å²) in [6.45, 7) is -0.757. The molecule has 0 aliphatic carbocycles. The SMILES string of the molecule is COc1c(N)ncnc1OCC(F)F. The van der Waals surface area contributed by atoms with E-state index in [0.717, 1.165) is 6.33 Å². The predicted octanol–water partition coefficient (Wildman–Crippen LogP) is 0.711. The summed E-state index contributed by atoms with van der Waals surface area (Å²) < 4.78 is 33.1. The number of nitrogens with two attached hydrogens (primary N) is 1. The third-order valence-electron chi connectivity index (χ3n) is 1.35. The van der Waals surface area contributed by atoms with E-state index >= 15 is 0 Å². The lowest BCUT2D eigenvalue weighted by atomic mass is 10.5. The molecule has 78 valence electrons. The molecule has 14 heavy (non-hydrogen) atoms. The molecule has 1 rings (SSSR count). The molecular weight excluding hydrogens is 196 g/mol. The lowest BCUT2D eigenvalue weighted by molar-refractivity contribution is 0.0779. The molecule has 0 aromatic carbocycles. The van der Waals surface area contributed by atoms with Gasteiger partial charge in [-0.25, -0.2) is 13.8 Å². The second-order valence-corrected chi connectivity index (χ2v) is 2.30. The maximum Gasteiger partial charge on any atom is 0.272 e. The van der Waals surface area contributed by atoms with Crippen LogP contribution in [-0.2, 0) is 0 Å². The number of alkyl halides is 2. The van der Waals surface area contributed by atoms with Gasteiger partial charge in [-0.3, -0.25) is 0 Å². The number of aromatic nitrogens is 2. The predicted molar refractivity (Wildman–Crippen MR) is 44.5 cm³/mol. The highest BCUT2D eigenvalue weighted by molar-refractivity contribution is 5.51. The Hall–Kier alpha value is -1.66. The van der Waals surface area contributed by atoms with E-state index in [2.05, 4.69) is 14.7 Å². The Morgan fingerprint density at radius 3 is 2.79 bits per heavy atom. The summed E-state index contributed by atoms with van der Waals surface area (Å²) in [4.78, 5) is 7.22. The third-order valence-corrected chi connectivity index (χ3v) is 1.35. The summed E-state index contributed by atoms with van der Waals surface area (Å²) in [7, 11) is 1.32. The van der Waals surface area contributed by atoms with Gasteiger partial charge in [0.15, 0.2) is 12.4 Å². The fourth-order valence-electron chi connectivity index (χ4n) is 0.807. The molecule has 0 fully saturated rings. The zero-order chi connectivity index (χ0) is 10.6. The maximum absolute atomic E-state index is 11.8. The molecule has 1 aromatic rings. The first-order valence-corrected chi connectivity index (χ1v) is 3.70. The zero-order valence-electron chi connectivity index (χ0n) is 7.41. The van der Waals surface area contributed by atoms with E-state index in [1.165, 1.54) is 7.11 Å². The summed E-state index contributed by atoms with van der Waals surface area (Å²) in [5.74, 6) is 0.0280. The Kier molecular flexibility index (Phi) is 3.38. The molecule has 0 amide bonds. The molecule has 0 spiro atoms. The van der Waals surface area contributed by atoms with E-state index in [4.69, 9.17) is 10.5 Å². The van der Waals surface area contributed by atoms with Crippen LogP contribution in [0.2, 0.25) is 0 Å². The summed E-state index contributed by atoms with van der Waals surface area (Å²) in [6.07, 6.45) is -1.46. The molecule has 0 unspecified atom stereocenters. The highest BCUT2D eigenvalue weighted by Gasteiger charge is 2.12. The number of rotatable bonds is 4. The van der Waals surface area contributed by atoms with Gasteiger partial charge < -0.3 is 15.2 Å². The Morgan fingerprint density at radius 2 is 2.21 bits per heavy atom. The zero-order valence-corrected chi connectivity index (χ0v) is 7.41. The second kappa shape index (κ2) is 4.54. The quantitative estimate of drug-likeness (QED) is 0.783. The number of ether oxygens (including phenoxy) is 2. The van der Waals surface area contributed by atoms with Crippen molar-refractivity contribution in [1.29, 1.82) is 0 Å².